The smallest absolute Gasteiger partial charge is 0.347 e. The number of ether oxygens (including phenoxy) is 3. The van der Waals surface area contributed by atoms with Crippen LogP contribution in [-0.4, -0.2) is 60.9 Å². The highest BCUT2D eigenvalue weighted by Crippen LogP contribution is 2.45. The summed E-state index contributed by atoms with van der Waals surface area (Å²) >= 11 is 6.21. The largest absolute Gasteiger partial charge is 0.459 e. The average molecular weight is 667 g/mol. The van der Waals surface area contributed by atoms with Crippen LogP contribution in [0.4, 0.5) is 0 Å². The molecule has 1 saturated heterocycles. The highest BCUT2D eigenvalue weighted by molar-refractivity contribution is 6.33. The van der Waals surface area contributed by atoms with E-state index in [4.69, 9.17) is 25.8 Å². The molecule has 252 valence electrons. The molecule has 6 atom stereocenters. The molecular weight excluding hydrogens is 624 g/mol. The molecule has 0 aliphatic carbocycles. The lowest BCUT2D eigenvalue weighted by atomic mass is 9.92. The van der Waals surface area contributed by atoms with E-state index in [1.165, 1.54) is 6.08 Å². The van der Waals surface area contributed by atoms with Gasteiger partial charge in [0.1, 0.15) is 18.2 Å². The minimum Gasteiger partial charge on any atom is -0.459 e. The third-order valence-corrected chi connectivity index (χ3v) is 8.71. The molecule has 0 unspecified atom stereocenters. The summed E-state index contributed by atoms with van der Waals surface area (Å²) in [5.41, 5.74) is 0.715. The van der Waals surface area contributed by atoms with Crippen LogP contribution < -0.4 is 10.6 Å². The van der Waals surface area contributed by atoms with Gasteiger partial charge >= 0.3 is 11.9 Å². The van der Waals surface area contributed by atoms with Crippen LogP contribution in [0.15, 0.2) is 60.7 Å². The second-order valence-corrected chi connectivity index (χ2v) is 13.7. The number of hydrogen-bond donors (Lipinski definition) is 2. The second-order valence-electron chi connectivity index (χ2n) is 13.3. The van der Waals surface area contributed by atoms with E-state index in [9.17, 15) is 24.0 Å². The fourth-order valence-corrected chi connectivity index (χ4v) is 5.67. The number of benzene rings is 2. The number of carbonyl (C=O) groups is 5. The van der Waals surface area contributed by atoms with Crippen molar-refractivity contribution in [3.05, 3.63) is 82.4 Å². The third kappa shape index (κ3) is 9.74. The summed E-state index contributed by atoms with van der Waals surface area (Å²) < 4.78 is 17.8. The van der Waals surface area contributed by atoms with E-state index in [1.54, 1.807) is 38.1 Å². The molecule has 10 nitrogen and oxygen atoms in total. The number of aldehydes is 1. The van der Waals surface area contributed by atoms with Gasteiger partial charge in [-0.3, -0.25) is 19.2 Å². The minimum atomic E-state index is -1.22. The number of rotatable bonds is 8. The number of esters is 2. The van der Waals surface area contributed by atoms with Gasteiger partial charge in [-0.25, -0.2) is 4.79 Å². The molecular formula is C36H43ClN2O8. The Kier molecular flexibility index (Phi) is 12.0. The molecule has 2 aromatic carbocycles. The highest BCUT2D eigenvalue weighted by Gasteiger charge is 2.48. The predicted octanol–water partition coefficient (Wildman–Crippen LogP) is 4.93. The first kappa shape index (κ1) is 35.8. The molecule has 47 heavy (non-hydrogen) atoms. The normalized spacial score (nSPS) is 26.7. The van der Waals surface area contributed by atoms with Gasteiger partial charge in [-0.2, -0.15) is 0 Å². The van der Waals surface area contributed by atoms with E-state index < -0.39 is 47.4 Å². The van der Waals surface area contributed by atoms with Crippen molar-refractivity contribution >= 4 is 41.6 Å². The highest BCUT2D eigenvalue weighted by atomic mass is 35.5. The average Bonchev–Trinajstić information content (AvgIpc) is 3.83. The summed E-state index contributed by atoms with van der Waals surface area (Å²) in [5, 5.41) is 5.69. The lowest BCUT2D eigenvalue weighted by Crippen LogP contribution is -2.51. The maximum absolute atomic E-state index is 13.6. The molecule has 0 bridgehead atoms. The van der Waals surface area contributed by atoms with Crippen molar-refractivity contribution in [2.45, 2.75) is 84.3 Å². The topological polar surface area (TPSA) is 140 Å². The van der Waals surface area contributed by atoms with Crippen LogP contribution in [0, 0.1) is 17.3 Å². The number of carbonyl (C=O) groups excluding carboxylic acids is 5. The Morgan fingerprint density at radius 1 is 1.02 bits per heavy atom. The van der Waals surface area contributed by atoms with Crippen molar-refractivity contribution in [2.24, 2.45) is 17.3 Å². The van der Waals surface area contributed by atoms with Crippen molar-refractivity contribution in [3.8, 4) is 0 Å². The van der Waals surface area contributed by atoms with Gasteiger partial charge in [-0.1, -0.05) is 74.8 Å². The van der Waals surface area contributed by atoms with E-state index in [1.807, 2.05) is 51.1 Å². The summed E-state index contributed by atoms with van der Waals surface area (Å²) in [6.07, 6.45) is 1.78. The first-order valence-electron chi connectivity index (χ1n) is 15.9. The van der Waals surface area contributed by atoms with Gasteiger partial charge in [0.15, 0.2) is 12.4 Å². The minimum absolute atomic E-state index is 0.0114. The van der Waals surface area contributed by atoms with E-state index >= 15 is 0 Å². The van der Waals surface area contributed by atoms with Crippen molar-refractivity contribution < 1.29 is 38.2 Å². The lowest BCUT2D eigenvalue weighted by molar-refractivity contribution is -0.179. The van der Waals surface area contributed by atoms with Crippen LogP contribution in [0.25, 0.3) is 0 Å². The number of cyclic esters (lactones) is 2. The summed E-state index contributed by atoms with van der Waals surface area (Å²) in [4.78, 5) is 64.7. The van der Waals surface area contributed by atoms with E-state index in [2.05, 4.69) is 10.6 Å². The van der Waals surface area contributed by atoms with Gasteiger partial charge in [0, 0.05) is 30.9 Å². The molecule has 2 aliphatic heterocycles. The molecule has 11 heteroatoms. The van der Waals surface area contributed by atoms with Gasteiger partial charge in [0.25, 0.3) is 0 Å². The zero-order valence-corrected chi connectivity index (χ0v) is 28.1. The fraction of sp³-hybridized carbons (Fsp3) is 0.472. The van der Waals surface area contributed by atoms with Crippen molar-refractivity contribution in [2.75, 3.05) is 6.54 Å². The van der Waals surface area contributed by atoms with Gasteiger partial charge in [-0.15, -0.1) is 0 Å². The zero-order chi connectivity index (χ0) is 34.3. The molecule has 2 aromatic rings. The number of epoxide rings is 1. The van der Waals surface area contributed by atoms with Gasteiger partial charge in [0.05, 0.1) is 16.5 Å². The maximum atomic E-state index is 13.6. The van der Waals surface area contributed by atoms with Gasteiger partial charge in [-0.05, 0) is 55.5 Å². The summed E-state index contributed by atoms with van der Waals surface area (Å²) in [7, 11) is 0. The summed E-state index contributed by atoms with van der Waals surface area (Å²) in [6.45, 7) is 8.82. The molecule has 0 radical (unpaired) electrons. The van der Waals surface area contributed by atoms with E-state index in [0.29, 0.717) is 17.4 Å². The number of nitrogens with one attached hydrogen (secondary N) is 2. The SMILES string of the molecule is CC(C)C[C@@H]1OC(=O)C(C)(C)CNC(=O)[C@@H](Cc2ccc(C=O)c(Cl)c2)NC(=O)/C=C/C[C@@H]([C@H](C)[C@H]2O[C@@H]2c2ccccc2)OC1=O. The first-order chi connectivity index (χ1) is 22.3. The summed E-state index contributed by atoms with van der Waals surface area (Å²) in [5.74, 6) is -2.67. The predicted molar refractivity (Wildman–Crippen MR) is 175 cm³/mol. The Labute approximate surface area is 280 Å². The summed E-state index contributed by atoms with van der Waals surface area (Å²) in [6, 6.07) is 13.5. The number of hydrogen-bond acceptors (Lipinski definition) is 8. The van der Waals surface area contributed by atoms with Crippen LogP contribution in [-0.2, 0) is 39.8 Å². The van der Waals surface area contributed by atoms with Crippen molar-refractivity contribution in [3.63, 3.8) is 0 Å². The quantitative estimate of drug-likeness (QED) is 0.230. The van der Waals surface area contributed by atoms with E-state index in [0.717, 1.165) is 5.56 Å². The molecule has 2 N–H and O–H groups in total. The molecule has 4 rings (SSSR count). The monoisotopic (exact) mass is 666 g/mol. The van der Waals surface area contributed by atoms with Crippen molar-refractivity contribution in [1.82, 2.24) is 10.6 Å². The lowest BCUT2D eigenvalue weighted by Gasteiger charge is -2.29. The Hall–Kier alpha value is -4.02. The molecule has 0 saturated carbocycles. The Morgan fingerprint density at radius 2 is 1.74 bits per heavy atom. The van der Waals surface area contributed by atoms with Crippen LogP contribution in [0.2, 0.25) is 5.02 Å². The van der Waals surface area contributed by atoms with Crippen LogP contribution in [0.3, 0.4) is 0 Å². The molecule has 0 aromatic heterocycles. The van der Waals surface area contributed by atoms with Gasteiger partial charge < -0.3 is 24.8 Å². The van der Waals surface area contributed by atoms with Crippen LogP contribution in [0.1, 0.15) is 75.0 Å². The molecule has 2 heterocycles. The third-order valence-electron chi connectivity index (χ3n) is 8.38. The fourth-order valence-electron chi connectivity index (χ4n) is 5.42. The number of amides is 2. The van der Waals surface area contributed by atoms with Gasteiger partial charge in [0.2, 0.25) is 11.8 Å². The van der Waals surface area contributed by atoms with Crippen LogP contribution >= 0.6 is 11.6 Å². The molecule has 2 aliphatic rings. The maximum Gasteiger partial charge on any atom is 0.347 e. The zero-order valence-electron chi connectivity index (χ0n) is 27.4. The first-order valence-corrected chi connectivity index (χ1v) is 16.3. The molecule has 2 amide bonds. The standard InChI is InChI=1S/C36H43ClN2O8/c1-21(2)16-29-34(43)45-28(22(3)31-32(47-31)24-10-7-6-8-11-24)12-9-13-30(41)39-27(18-23-14-15-25(19-40)26(37)17-23)33(42)38-20-36(4,5)35(44)46-29/h6-11,13-15,17,19,21-22,27-29,31-32H,12,16,18,20H2,1-5H3,(H,38,42)(H,39,41)/b13-9+/t22-,27+,28-,29-,31+,32+/m0/s1. The van der Waals surface area contributed by atoms with E-state index in [-0.39, 0.29) is 54.9 Å². The number of halogens is 1. The van der Waals surface area contributed by atoms with Crippen LogP contribution in [0.5, 0.6) is 0 Å². The molecule has 0 spiro atoms. The Morgan fingerprint density at radius 3 is 2.40 bits per heavy atom. The van der Waals surface area contributed by atoms with Crippen molar-refractivity contribution in [1.29, 1.82) is 0 Å². The Balaban J connectivity index is 1.61. The Bertz CT molecular complexity index is 1490. The second kappa shape index (κ2) is 15.7. The molecule has 1 fully saturated rings.